The highest BCUT2D eigenvalue weighted by Crippen LogP contribution is 2.36. The van der Waals surface area contributed by atoms with Gasteiger partial charge in [-0.05, 0) is 52.6 Å². The van der Waals surface area contributed by atoms with Gasteiger partial charge in [-0.15, -0.1) is 11.3 Å². The Bertz CT molecular complexity index is 1030. The summed E-state index contributed by atoms with van der Waals surface area (Å²) in [7, 11) is 0. The van der Waals surface area contributed by atoms with Gasteiger partial charge in [0.25, 0.3) is 5.91 Å². The Labute approximate surface area is 193 Å². The molecule has 0 bridgehead atoms. The van der Waals surface area contributed by atoms with E-state index in [2.05, 4.69) is 57.1 Å². The van der Waals surface area contributed by atoms with E-state index < -0.39 is 0 Å². The normalized spacial score (nSPS) is 11.9. The van der Waals surface area contributed by atoms with Crippen LogP contribution in [0.1, 0.15) is 57.0 Å². The molecular formula is C26H31FN2O2S. The summed E-state index contributed by atoms with van der Waals surface area (Å²) in [6.45, 7) is 11.2. The monoisotopic (exact) mass is 454 g/mol. The third-order valence-corrected chi connectivity index (χ3v) is 5.98. The topological polar surface area (TPSA) is 51.2 Å². The smallest absolute Gasteiger partial charge is 0.264 e. The highest BCUT2D eigenvalue weighted by atomic mass is 32.1. The number of anilines is 1. The van der Waals surface area contributed by atoms with E-state index in [1.807, 2.05) is 12.1 Å². The van der Waals surface area contributed by atoms with Crippen LogP contribution in [-0.2, 0) is 16.6 Å². The molecule has 0 aliphatic heterocycles. The summed E-state index contributed by atoms with van der Waals surface area (Å²) < 4.78 is 18.7. The first-order valence-electron chi connectivity index (χ1n) is 10.7. The summed E-state index contributed by atoms with van der Waals surface area (Å²) in [5, 5.41) is 3.30. The van der Waals surface area contributed by atoms with Crippen LogP contribution in [-0.4, -0.2) is 17.5 Å². The van der Waals surface area contributed by atoms with Gasteiger partial charge in [0.1, 0.15) is 11.6 Å². The van der Waals surface area contributed by atoms with Crippen molar-refractivity contribution in [3.63, 3.8) is 0 Å². The minimum Gasteiger partial charge on any atom is -0.484 e. The summed E-state index contributed by atoms with van der Waals surface area (Å²) in [5.41, 5.74) is 2.54. The van der Waals surface area contributed by atoms with E-state index in [9.17, 15) is 9.18 Å². The van der Waals surface area contributed by atoms with E-state index in [0.717, 1.165) is 16.9 Å². The van der Waals surface area contributed by atoms with Crippen LogP contribution in [0.25, 0.3) is 0 Å². The largest absolute Gasteiger partial charge is 0.484 e. The van der Waals surface area contributed by atoms with Gasteiger partial charge in [0.05, 0.1) is 0 Å². The number of benzene rings is 2. The zero-order chi connectivity index (χ0) is 23.4. The Morgan fingerprint density at radius 2 is 1.69 bits per heavy atom. The maximum atomic E-state index is 13.0. The van der Waals surface area contributed by atoms with E-state index in [4.69, 9.17) is 4.74 Å². The van der Waals surface area contributed by atoms with Crippen LogP contribution < -0.4 is 10.1 Å². The molecule has 0 atom stereocenters. The third-order valence-electron chi connectivity index (χ3n) is 5.07. The number of aromatic nitrogens is 1. The second kappa shape index (κ2) is 9.82. The van der Waals surface area contributed by atoms with E-state index in [1.54, 1.807) is 18.3 Å². The third kappa shape index (κ3) is 7.16. The van der Waals surface area contributed by atoms with Gasteiger partial charge in [0.2, 0.25) is 0 Å². The molecule has 4 nitrogen and oxygen atoms in total. The van der Waals surface area contributed by atoms with E-state index >= 15 is 0 Å². The number of carbonyl (C=O) groups is 1. The molecule has 0 fully saturated rings. The van der Waals surface area contributed by atoms with E-state index in [1.165, 1.54) is 29.0 Å². The maximum absolute atomic E-state index is 13.0. The van der Waals surface area contributed by atoms with Gasteiger partial charge in [0, 0.05) is 17.5 Å². The summed E-state index contributed by atoms with van der Waals surface area (Å²) in [6, 6.07) is 14.3. The Balaban J connectivity index is 1.50. The number of hydrogen-bond donors (Lipinski definition) is 1. The summed E-state index contributed by atoms with van der Waals surface area (Å²) in [4.78, 5) is 17.5. The van der Waals surface area contributed by atoms with Crippen molar-refractivity contribution in [1.29, 1.82) is 0 Å². The SMILES string of the molecule is CC(C)(C)CC(C)(C)c1ccc(OCC(=O)Nc2ncc(Cc3ccc(F)cc3)s2)cc1. The second-order valence-electron chi connectivity index (χ2n) is 9.92. The number of amides is 1. The molecule has 32 heavy (non-hydrogen) atoms. The lowest BCUT2D eigenvalue weighted by Crippen LogP contribution is -2.24. The molecule has 0 saturated carbocycles. The predicted octanol–water partition coefficient (Wildman–Crippen LogP) is 6.60. The first-order chi connectivity index (χ1) is 15.0. The number of thiazole rings is 1. The lowest BCUT2D eigenvalue weighted by molar-refractivity contribution is -0.118. The second-order valence-corrected chi connectivity index (χ2v) is 11.0. The van der Waals surface area contributed by atoms with Crippen LogP contribution in [0, 0.1) is 11.2 Å². The molecule has 0 spiro atoms. The first-order valence-corrected chi connectivity index (χ1v) is 11.5. The molecule has 1 aromatic heterocycles. The minimum atomic E-state index is -0.259. The number of nitrogens with one attached hydrogen (secondary N) is 1. The van der Waals surface area contributed by atoms with Crippen LogP contribution in [0.3, 0.4) is 0 Å². The molecule has 0 saturated heterocycles. The number of ether oxygens (including phenoxy) is 1. The molecule has 2 aromatic carbocycles. The van der Waals surface area contributed by atoms with Gasteiger partial charge in [-0.2, -0.15) is 0 Å². The van der Waals surface area contributed by atoms with Gasteiger partial charge in [-0.3, -0.25) is 10.1 Å². The van der Waals surface area contributed by atoms with Crippen molar-refractivity contribution in [2.45, 2.75) is 52.9 Å². The molecule has 0 radical (unpaired) electrons. The Hall–Kier alpha value is -2.73. The molecule has 1 amide bonds. The molecule has 170 valence electrons. The first kappa shape index (κ1) is 23.9. The van der Waals surface area contributed by atoms with Crippen LogP contribution >= 0.6 is 11.3 Å². The molecule has 3 aromatic rings. The fraction of sp³-hybridized carbons (Fsp3) is 0.385. The summed E-state index contributed by atoms with van der Waals surface area (Å²) in [6.07, 6.45) is 3.43. The van der Waals surface area contributed by atoms with Gasteiger partial charge in [0.15, 0.2) is 11.7 Å². The molecule has 6 heteroatoms. The lowest BCUT2D eigenvalue weighted by atomic mass is 9.72. The van der Waals surface area contributed by atoms with Crippen molar-refractivity contribution in [3.05, 3.63) is 76.5 Å². The predicted molar refractivity (Wildman–Crippen MR) is 129 cm³/mol. The number of hydrogen-bond acceptors (Lipinski definition) is 4. The number of carbonyl (C=O) groups excluding carboxylic acids is 1. The number of nitrogens with zero attached hydrogens (tertiary/aromatic N) is 1. The highest BCUT2D eigenvalue weighted by molar-refractivity contribution is 7.15. The standard InChI is InChI=1S/C26H31FN2O2S/c1-25(2,3)17-26(4,5)19-8-12-21(13-9-19)31-16-23(30)29-24-28-15-22(32-24)14-18-6-10-20(27)11-7-18/h6-13,15H,14,16-17H2,1-5H3,(H,28,29,30). The Morgan fingerprint density at radius 3 is 2.31 bits per heavy atom. The maximum Gasteiger partial charge on any atom is 0.264 e. The molecule has 0 unspecified atom stereocenters. The fourth-order valence-electron chi connectivity index (χ4n) is 3.98. The molecule has 0 aliphatic carbocycles. The van der Waals surface area contributed by atoms with Crippen molar-refractivity contribution >= 4 is 22.4 Å². The Morgan fingerprint density at radius 1 is 1.03 bits per heavy atom. The number of rotatable bonds is 8. The quantitative estimate of drug-likeness (QED) is 0.417. The summed E-state index contributed by atoms with van der Waals surface area (Å²) >= 11 is 1.40. The average Bonchev–Trinajstić information content (AvgIpc) is 3.13. The van der Waals surface area contributed by atoms with Crippen LogP contribution in [0.2, 0.25) is 0 Å². The highest BCUT2D eigenvalue weighted by Gasteiger charge is 2.27. The molecule has 1 N–H and O–H groups in total. The van der Waals surface area contributed by atoms with E-state index in [0.29, 0.717) is 17.3 Å². The van der Waals surface area contributed by atoms with Crippen molar-refractivity contribution in [3.8, 4) is 5.75 Å². The Kier molecular flexibility index (Phi) is 7.34. The molecule has 1 heterocycles. The van der Waals surface area contributed by atoms with Gasteiger partial charge in [-0.25, -0.2) is 9.37 Å². The van der Waals surface area contributed by atoms with E-state index in [-0.39, 0.29) is 29.2 Å². The number of halogens is 1. The molecule has 0 aliphatic rings. The summed E-state index contributed by atoms with van der Waals surface area (Å²) in [5.74, 6) is 0.144. The lowest BCUT2D eigenvalue weighted by Gasteiger charge is -2.33. The molecule has 3 rings (SSSR count). The van der Waals surface area contributed by atoms with Gasteiger partial charge in [-0.1, -0.05) is 58.9 Å². The zero-order valence-corrected chi connectivity index (χ0v) is 20.2. The minimum absolute atomic E-state index is 0.0601. The van der Waals surface area contributed by atoms with Crippen LogP contribution in [0.15, 0.2) is 54.7 Å². The van der Waals surface area contributed by atoms with Gasteiger partial charge >= 0.3 is 0 Å². The van der Waals surface area contributed by atoms with Crippen molar-refractivity contribution in [2.24, 2.45) is 5.41 Å². The van der Waals surface area contributed by atoms with Crippen LogP contribution in [0.4, 0.5) is 9.52 Å². The fourth-order valence-corrected chi connectivity index (χ4v) is 4.85. The average molecular weight is 455 g/mol. The van der Waals surface area contributed by atoms with Gasteiger partial charge < -0.3 is 4.74 Å². The van der Waals surface area contributed by atoms with Crippen molar-refractivity contribution in [1.82, 2.24) is 4.98 Å². The van der Waals surface area contributed by atoms with Crippen molar-refractivity contribution in [2.75, 3.05) is 11.9 Å². The molecular weight excluding hydrogens is 423 g/mol. The van der Waals surface area contributed by atoms with Crippen molar-refractivity contribution < 1.29 is 13.9 Å². The zero-order valence-electron chi connectivity index (χ0n) is 19.4. The van der Waals surface area contributed by atoms with Crippen LogP contribution in [0.5, 0.6) is 5.75 Å².